The molecule has 3 aromatic carbocycles. The van der Waals surface area contributed by atoms with Gasteiger partial charge in [-0.1, -0.05) is 52.3 Å². The molecule has 0 aliphatic heterocycles. The molecule has 0 saturated carbocycles. The topological polar surface area (TPSA) is 58.2 Å². The normalized spacial score (nSPS) is 10.4. The number of fused-ring (bicyclic) bond motifs is 1. The Bertz CT molecular complexity index is 932. The van der Waals surface area contributed by atoms with E-state index in [4.69, 9.17) is 0 Å². The molecule has 2 N–H and O–H groups in total. The van der Waals surface area contributed by atoms with Gasteiger partial charge >= 0.3 is 11.8 Å². The zero-order valence-electron chi connectivity index (χ0n) is 13.0. The Labute approximate surface area is 148 Å². The fourth-order valence-electron chi connectivity index (χ4n) is 2.46. The second-order valence-corrected chi connectivity index (χ2v) is 6.31. The highest BCUT2D eigenvalue weighted by atomic mass is 79.9. The Hall–Kier alpha value is -2.66. The highest BCUT2D eigenvalue weighted by molar-refractivity contribution is 9.10. The molecule has 0 aliphatic carbocycles. The van der Waals surface area contributed by atoms with Gasteiger partial charge in [-0.3, -0.25) is 9.59 Å². The van der Waals surface area contributed by atoms with Crippen molar-refractivity contribution in [1.82, 2.24) is 0 Å². The number of nitrogens with one attached hydrogen (secondary N) is 2. The van der Waals surface area contributed by atoms with E-state index >= 15 is 0 Å². The monoisotopic (exact) mass is 382 g/mol. The third-order valence-corrected chi connectivity index (χ3v) is 4.17. The molecule has 0 unspecified atom stereocenters. The van der Waals surface area contributed by atoms with Gasteiger partial charge in [0, 0.05) is 21.2 Å². The fraction of sp³-hybridized carbons (Fsp3) is 0.0526. The number of benzene rings is 3. The third-order valence-electron chi connectivity index (χ3n) is 3.68. The van der Waals surface area contributed by atoms with Crippen molar-refractivity contribution in [2.24, 2.45) is 0 Å². The van der Waals surface area contributed by atoms with Crippen molar-refractivity contribution in [3.8, 4) is 0 Å². The van der Waals surface area contributed by atoms with Crippen LogP contribution in [0, 0.1) is 6.92 Å². The SMILES string of the molecule is Cc1cc(Br)ccc1NC(=O)C(=O)Nc1cccc2ccccc12. The maximum atomic E-state index is 12.2. The molecule has 0 saturated heterocycles. The summed E-state index contributed by atoms with van der Waals surface area (Å²) in [7, 11) is 0. The molecule has 3 aromatic rings. The molecule has 0 heterocycles. The summed E-state index contributed by atoms with van der Waals surface area (Å²) in [5.41, 5.74) is 2.09. The number of halogens is 1. The lowest BCUT2D eigenvalue weighted by Gasteiger charge is -2.10. The second-order valence-electron chi connectivity index (χ2n) is 5.39. The summed E-state index contributed by atoms with van der Waals surface area (Å²) in [5.74, 6) is -1.40. The first-order valence-corrected chi connectivity index (χ1v) is 8.20. The van der Waals surface area contributed by atoms with Gasteiger partial charge in [0.1, 0.15) is 0 Å². The van der Waals surface area contributed by atoms with E-state index in [0.29, 0.717) is 11.4 Å². The van der Waals surface area contributed by atoms with Gasteiger partial charge in [-0.2, -0.15) is 0 Å². The van der Waals surface area contributed by atoms with Crippen molar-refractivity contribution in [1.29, 1.82) is 0 Å². The molecular weight excluding hydrogens is 368 g/mol. The van der Waals surface area contributed by atoms with Crippen molar-refractivity contribution < 1.29 is 9.59 Å². The Morgan fingerprint density at radius 3 is 2.25 bits per heavy atom. The van der Waals surface area contributed by atoms with E-state index in [2.05, 4.69) is 26.6 Å². The van der Waals surface area contributed by atoms with E-state index in [9.17, 15) is 9.59 Å². The van der Waals surface area contributed by atoms with Crippen LogP contribution in [0.15, 0.2) is 65.1 Å². The van der Waals surface area contributed by atoms with Gasteiger partial charge in [0.2, 0.25) is 0 Å². The average molecular weight is 383 g/mol. The van der Waals surface area contributed by atoms with Crippen LogP contribution in [0.2, 0.25) is 0 Å². The van der Waals surface area contributed by atoms with E-state index < -0.39 is 11.8 Å². The first-order chi connectivity index (χ1) is 11.5. The number of carbonyl (C=O) groups is 2. The van der Waals surface area contributed by atoms with Crippen LogP contribution in [-0.2, 0) is 9.59 Å². The second kappa shape index (κ2) is 6.84. The highest BCUT2D eigenvalue weighted by Gasteiger charge is 2.16. The first-order valence-electron chi connectivity index (χ1n) is 7.41. The van der Waals surface area contributed by atoms with Crippen molar-refractivity contribution in [3.63, 3.8) is 0 Å². The summed E-state index contributed by atoms with van der Waals surface area (Å²) in [5, 5.41) is 7.20. The molecule has 24 heavy (non-hydrogen) atoms. The molecular formula is C19H15BrN2O2. The van der Waals surface area contributed by atoms with Crippen LogP contribution < -0.4 is 10.6 Å². The van der Waals surface area contributed by atoms with Crippen LogP contribution in [0.3, 0.4) is 0 Å². The quantitative estimate of drug-likeness (QED) is 0.641. The number of carbonyl (C=O) groups excluding carboxylic acids is 2. The van der Waals surface area contributed by atoms with E-state index in [1.807, 2.05) is 55.5 Å². The molecule has 0 atom stereocenters. The number of hydrogen-bond donors (Lipinski definition) is 2. The smallest absolute Gasteiger partial charge is 0.314 e. The molecule has 0 spiro atoms. The van der Waals surface area contributed by atoms with Crippen LogP contribution in [0.25, 0.3) is 10.8 Å². The number of hydrogen-bond acceptors (Lipinski definition) is 2. The summed E-state index contributed by atoms with van der Waals surface area (Å²) in [6, 6.07) is 18.7. The van der Waals surface area contributed by atoms with E-state index in [1.54, 1.807) is 12.1 Å². The molecule has 2 amide bonds. The Balaban J connectivity index is 1.77. The van der Waals surface area contributed by atoms with Gasteiger partial charge in [-0.25, -0.2) is 0 Å². The van der Waals surface area contributed by atoms with Crippen molar-refractivity contribution >= 4 is 49.9 Å². The Morgan fingerprint density at radius 1 is 0.833 bits per heavy atom. The molecule has 0 bridgehead atoms. The molecule has 0 aliphatic rings. The van der Waals surface area contributed by atoms with Gasteiger partial charge < -0.3 is 10.6 Å². The summed E-state index contributed by atoms with van der Waals surface area (Å²) < 4.78 is 0.915. The number of rotatable bonds is 2. The van der Waals surface area contributed by atoms with Gasteiger partial charge in [0.25, 0.3) is 0 Å². The van der Waals surface area contributed by atoms with Gasteiger partial charge in [0.05, 0.1) is 0 Å². The molecule has 0 fully saturated rings. The Morgan fingerprint density at radius 2 is 1.50 bits per heavy atom. The number of anilines is 2. The predicted molar refractivity (Wildman–Crippen MR) is 100 cm³/mol. The Kier molecular flexibility index (Phi) is 4.62. The lowest BCUT2D eigenvalue weighted by molar-refractivity contribution is -0.132. The van der Waals surface area contributed by atoms with Gasteiger partial charge in [-0.05, 0) is 42.1 Å². The van der Waals surface area contributed by atoms with Crippen molar-refractivity contribution in [2.45, 2.75) is 6.92 Å². The maximum absolute atomic E-state index is 12.2. The fourth-order valence-corrected chi connectivity index (χ4v) is 2.94. The lowest BCUT2D eigenvalue weighted by Crippen LogP contribution is -2.29. The largest absolute Gasteiger partial charge is 0.318 e. The lowest BCUT2D eigenvalue weighted by atomic mass is 10.1. The van der Waals surface area contributed by atoms with Crippen LogP contribution in [0.5, 0.6) is 0 Å². The minimum Gasteiger partial charge on any atom is -0.318 e. The van der Waals surface area contributed by atoms with Crippen LogP contribution in [0.4, 0.5) is 11.4 Å². The molecule has 0 radical (unpaired) electrons. The van der Waals surface area contributed by atoms with Crippen molar-refractivity contribution in [2.75, 3.05) is 10.6 Å². The summed E-state index contributed by atoms with van der Waals surface area (Å²) in [6.07, 6.45) is 0. The molecule has 4 nitrogen and oxygen atoms in total. The van der Waals surface area contributed by atoms with E-state index in [0.717, 1.165) is 20.8 Å². The van der Waals surface area contributed by atoms with Crippen LogP contribution in [-0.4, -0.2) is 11.8 Å². The standard InChI is InChI=1S/C19H15BrN2O2/c1-12-11-14(20)9-10-16(12)21-18(23)19(24)22-17-8-4-6-13-5-2-3-7-15(13)17/h2-11H,1H3,(H,21,23)(H,22,24). The average Bonchev–Trinajstić information content (AvgIpc) is 2.57. The summed E-state index contributed by atoms with van der Waals surface area (Å²) >= 11 is 3.37. The molecule has 120 valence electrons. The predicted octanol–water partition coefficient (Wildman–Crippen LogP) is 4.49. The molecule has 3 rings (SSSR count). The molecule has 5 heteroatoms. The zero-order valence-corrected chi connectivity index (χ0v) is 14.6. The van der Waals surface area contributed by atoms with E-state index in [1.165, 1.54) is 0 Å². The third kappa shape index (κ3) is 3.46. The summed E-state index contributed by atoms with van der Waals surface area (Å²) in [6.45, 7) is 1.86. The van der Waals surface area contributed by atoms with Crippen molar-refractivity contribution in [3.05, 3.63) is 70.7 Å². The van der Waals surface area contributed by atoms with Crippen LogP contribution >= 0.6 is 15.9 Å². The van der Waals surface area contributed by atoms with E-state index in [-0.39, 0.29) is 0 Å². The number of amides is 2. The highest BCUT2D eigenvalue weighted by Crippen LogP contribution is 2.23. The first kappa shape index (κ1) is 16.2. The minimum atomic E-state index is -0.701. The number of aryl methyl sites for hydroxylation is 1. The summed E-state index contributed by atoms with van der Waals surface area (Å²) in [4.78, 5) is 24.4. The van der Waals surface area contributed by atoms with Gasteiger partial charge in [-0.15, -0.1) is 0 Å². The minimum absolute atomic E-state index is 0.608. The molecule has 0 aromatic heterocycles. The zero-order chi connectivity index (χ0) is 17.1. The van der Waals surface area contributed by atoms with Crippen LogP contribution in [0.1, 0.15) is 5.56 Å². The maximum Gasteiger partial charge on any atom is 0.314 e. The van der Waals surface area contributed by atoms with Gasteiger partial charge in [0.15, 0.2) is 0 Å².